The highest BCUT2D eigenvalue weighted by Crippen LogP contribution is 2.08. The Morgan fingerprint density at radius 1 is 1.08 bits per heavy atom. The predicted octanol–water partition coefficient (Wildman–Crippen LogP) is 3.68. The van der Waals surface area contributed by atoms with Gasteiger partial charge in [0.25, 0.3) is 0 Å². The van der Waals surface area contributed by atoms with Gasteiger partial charge in [-0.05, 0) is 11.8 Å². The van der Waals surface area contributed by atoms with Crippen LogP contribution in [0.25, 0.3) is 0 Å². The van der Waals surface area contributed by atoms with Crippen LogP contribution in [0.15, 0.2) is 4.99 Å². The summed E-state index contributed by atoms with van der Waals surface area (Å²) >= 11 is 0. The van der Waals surface area contributed by atoms with Crippen molar-refractivity contribution in [3.8, 4) is 0 Å². The van der Waals surface area contributed by atoms with Crippen molar-refractivity contribution in [2.45, 2.75) is 53.4 Å². The molecule has 12 heavy (non-hydrogen) atoms. The third-order valence-corrected chi connectivity index (χ3v) is 1.62. The fourth-order valence-electron chi connectivity index (χ4n) is 0.968. The largest absolute Gasteiger partial charge is 0.297 e. The van der Waals surface area contributed by atoms with E-state index in [2.05, 4.69) is 38.9 Å². The summed E-state index contributed by atoms with van der Waals surface area (Å²) in [6.45, 7) is 9.79. The van der Waals surface area contributed by atoms with Crippen molar-refractivity contribution >= 4 is 6.21 Å². The second kappa shape index (κ2) is 6.22. The SMILES string of the molecule is CCCCCCN=CC(C)(C)C. The van der Waals surface area contributed by atoms with Gasteiger partial charge in [-0.1, -0.05) is 47.0 Å². The minimum atomic E-state index is 0.255. The first-order valence-corrected chi connectivity index (χ1v) is 5.07. The van der Waals surface area contributed by atoms with Crippen molar-refractivity contribution in [3.05, 3.63) is 0 Å². The van der Waals surface area contributed by atoms with Crippen molar-refractivity contribution in [3.63, 3.8) is 0 Å². The second-order valence-electron chi connectivity index (χ2n) is 4.46. The van der Waals surface area contributed by atoms with Crippen LogP contribution in [0, 0.1) is 5.41 Å². The van der Waals surface area contributed by atoms with Crippen LogP contribution in [0.3, 0.4) is 0 Å². The summed E-state index contributed by atoms with van der Waals surface area (Å²) in [5.74, 6) is 0. The van der Waals surface area contributed by atoms with Crippen molar-refractivity contribution in [1.29, 1.82) is 0 Å². The molecule has 0 aromatic carbocycles. The maximum atomic E-state index is 4.39. The smallest absolute Gasteiger partial charge is 0.0385 e. The van der Waals surface area contributed by atoms with Gasteiger partial charge in [-0.15, -0.1) is 0 Å². The Morgan fingerprint density at radius 2 is 1.75 bits per heavy atom. The molecule has 0 amide bonds. The minimum Gasteiger partial charge on any atom is -0.297 e. The number of unbranched alkanes of at least 4 members (excludes halogenated alkanes) is 3. The minimum absolute atomic E-state index is 0.255. The lowest BCUT2D eigenvalue weighted by molar-refractivity contribution is 0.600. The van der Waals surface area contributed by atoms with Gasteiger partial charge >= 0.3 is 0 Å². The highest BCUT2D eigenvalue weighted by Gasteiger charge is 2.03. The summed E-state index contributed by atoms with van der Waals surface area (Å²) in [6, 6.07) is 0. The van der Waals surface area contributed by atoms with Crippen LogP contribution in [0.4, 0.5) is 0 Å². The van der Waals surface area contributed by atoms with E-state index < -0.39 is 0 Å². The number of rotatable bonds is 5. The summed E-state index contributed by atoms with van der Waals surface area (Å²) in [5, 5.41) is 0. The molecule has 0 heterocycles. The van der Waals surface area contributed by atoms with Gasteiger partial charge in [0, 0.05) is 12.8 Å². The number of hydrogen-bond acceptors (Lipinski definition) is 1. The molecule has 0 aliphatic heterocycles. The molecular formula is C11H23N. The summed E-state index contributed by atoms with van der Waals surface area (Å²) in [6.07, 6.45) is 7.31. The molecule has 0 N–H and O–H groups in total. The van der Waals surface area contributed by atoms with Crippen molar-refractivity contribution in [2.24, 2.45) is 10.4 Å². The highest BCUT2D eigenvalue weighted by atomic mass is 14.7. The van der Waals surface area contributed by atoms with Gasteiger partial charge in [0.15, 0.2) is 0 Å². The fraction of sp³-hybridized carbons (Fsp3) is 0.909. The third kappa shape index (κ3) is 9.67. The van der Waals surface area contributed by atoms with Gasteiger partial charge in [-0.25, -0.2) is 0 Å². The van der Waals surface area contributed by atoms with E-state index in [-0.39, 0.29) is 5.41 Å². The number of aliphatic imine (C=N–C) groups is 1. The molecule has 0 bridgehead atoms. The molecule has 0 radical (unpaired) electrons. The van der Waals surface area contributed by atoms with E-state index in [1.54, 1.807) is 0 Å². The zero-order valence-electron chi connectivity index (χ0n) is 9.06. The Balaban J connectivity index is 3.25. The van der Waals surface area contributed by atoms with E-state index in [4.69, 9.17) is 0 Å². The van der Waals surface area contributed by atoms with Gasteiger partial charge in [0.05, 0.1) is 0 Å². The monoisotopic (exact) mass is 169 g/mol. The molecule has 0 unspecified atom stereocenters. The molecule has 0 aliphatic carbocycles. The van der Waals surface area contributed by atoms with E-state index in [1.807, 2.05) is 0 Å². The van der Waals surface area contributed by atoms with Crippen LogP contribution in [0.2, 0.25) is 0 Å². The van der Waals surface area contributed by atoms with Gasteiger partial charge in [-0.3, -0.25) is 4.99 Å². The maximum Gasteiger partial charge on any atom is 0.0385 e. The Labute approximate surface area is 77.3 Å². The van der Waals surface area contributed by atoms with E-state index in [9.17, 15) is 0 Å². The van der Waals surface area contributed by atoms with Crippen LogP contribution in [0.1, 0.15) is 53.4 Å². The zero-order valence-corrected chi connectivity index (χ0v) is 9.06. The van der Waals surface area contributed by atoms with Crippen LogP contribution < -0.4 is 0 Å². The van der Waals surface area contributed by atoms with Crippen LogP contribution in [-0.4, -0.2) is 12.8 Å². The molecule has 1 nitrogen and oxygen atoms in total. The van der Waals surface area contributed by atoms with E-state index in [1.165, 1.54) is 25.7 Å². The fourth-order valence-corrected chi connectivity index (χ4v) is 0.968. The average molecular weight is 169 g/mol. The zero-order chi connectivity index (χ0) is 9.45. The number of nitrogens with zero attached hydrogens (tertiary/aromatic N) is 1. The second-order valence-corrected chi connectivity index (χ2v) is 4.46. The third-order valence-electron chi connectivity index (χ3n) is 1.62. The molecule has 0 fully saturated rings. The quantitative estimate of drug-likeness (QED) is 0.440. The first-order chi connectivity index (χ1) is 5.56. The standard InChI is InChI=1S/C11H23N/c1-5-6-7-8-9-12-10-11(2,3)4/h10H,5-9H2,1-4H3. The molecule has 0 saturated carbocycles. The first-order valence-electron chi connectivity index (χ1n) is 5.07. The lowest BCUT2D eigenvalue weighted by Gasteiger charge is -2.09. The molecule has 72 valence electrons. The van der Waals surface area contributed by atoms with Gasteiger partial charge < -0.3 is 0 Å². The van der Waals surface area contributed by atoms with Crippen LogP contribution >= 0.6 is 0 Å². The summed E-state index contributed by atoms with van der Waals surface area (Å²) in [4.78, 5) is 4.39. The van der Waals surface area contributed by atoms with Gasteiger partial charge in [0.1, 0.15) is 0 Å². The van der Waals surface area contributed by atoms with Crippen molar-refractivity contribution < 1.29 is 0 Å². The molecule has 0 atom stereocenters. The van der Waals surface area contributed by atoms with Crippen LogP contribution in [0.5, 0.6) is 0 Å². The number of hydrogen-bond donors (Lipinski definition) is 0. The lowest BCUT2D eigenvalue weighted by atomic mass is 9.99. The van der Waals surface area contributed by atoms with Crippen LogP contribution in [-0.2, 0) is 0 Å². The van der Waals surface area contributed by atoms with E-state index in [0.29, 0.717) is 0 Å². The molecule has 0 rings (SSSR count). The normalized spacial score (nSPS) is 12.7. The first kappa shape index (κ1) is 11.7. The summed E-state index contributed by atoms with van der Waals surface area (Å²) in [5.41, 5.74) is 0.255. The lowest BCUT2D eigenvalue weighted by Crippen LogP contribution is -2.06. The molecule has 0 aliphatic rings. The Kier molecular flexibility index (Phi) is 6.04. The Morgan fingerprint density at radius 3 is 2.25 bits per heavy atom. The Hall–Kier alpha value is -0.330. The summed E-state index contributed by atoms with van der Waals surface area (Å²) < 4.78 is 0. The van der Waals surface area contributed by atoms with Crippen molar-refractivity contribution in [1.82, 2.24) is 0 Å². The maximum absolute atomic E-state index is 4.39. The molecule has 0 aromatic heterocycles. The highest BCUT2D eigenvalue weighted by molar-refractivity contribution is 5.63. The molecular weight excluding hydrogens is 146 g/mol. The molecule has 0 aromatic rings. The van der Waals surface area contributed by atoms with Crippen molar-refractivity contribution in [2.75, 3.05) is 6.54 Å². The Bertz CT molecular complexity index is 119. The molecule has 1 heteroatoms. The van der Waals surface area contributed by atoms with E-state index >= 15 is 0 Å². The van der Waals surface area contributed by atoms with E-state index in [0.717, 1.165) is 6.54 Å². The topological polar surface area (TPSA) is 12.4 Å². The average Bonchev–Trinajstić information content (AvgIpc) is 1.94. The van der Waals surface area contributed by atoms with Gasteiger partial charge in [-0.2, -0.15) is 0 Å². The predicted molar refractivity (Wildman–Crippen MR) is 57.0 cm³/mol. The van der Waals surface area contributed by atoms with Gasteiger partial charge in [0.2, 0.25) is 0 Å². The molecule has 0 spiro atoms. The molecule has 0 saturated heterocycles. The summed E-state index contributed by atoms with van der Waals surface area (Å²) in [7, 11) is 0.